The van der Waals surface area contributed by atoms with Gasteiger partial charge in [0.1, 0.15) is 22.9 Å². The van der Waals surface area contributed by atoms with Gasteiger partial charge in [-0.3, -0.25) is 29.4 Å². The molecule has 14 nitrogen and oxygen atoms in total. The topological polar surface area (TPSA) is 169 Å². The van der Waals surface area contributed by atoms with E-state index >= 15 is 0 Å². The number of pyridine rings is 4. The quantitative estimate of drug-likeness (QED) is 0.126. The highest BCUT2D eigenvalue weighted by molar-refractivity contribution is 6.32. The van der Waals surface area contributed by atoms with Crippen LogP contribution in [0.2, 0.25) is 10.0 Å². The minimum absolute atomic E-state index is 0.0490. The summed E-state index contributed by atoms with van der Waals surface area (Å²) in [6, 6.07) is 34.3. The summed E-state index contributed by atoms with van der Waals surface area (Å²) in [7, 11) is 1.87. The van der Waals surface area contributed by atoms with Crippen LogP contribution in [0.5, 0.6) is 11.5 Å². The predicted molar refractivity (Wildman–Crippen MR) is 302 cm³/mol. The standard InChI is InChI=1S/C24H23F3N4O2.C21H16ClN3O.C15H12ClN3O/c1-15-21(18-11-22(16(2)28-13-18)31-6-8-33-9-7-31)12-20(14-29-15)30-23(32)17-4-3-5-19(10-17)24(25,26)27;1-14-2-5-17(6-3-14)25-13-18(16-4-7-19(22)20(26)12-16)21(24-25)15-8-10-23-11-9-15;1-19-9-12(11-2-3-13(16)14(20)8-11)15(18-19)10-4-6-17-7-5-10/h3-5,10-14H,6-9H2,1-2H3,(H,30,32);2-13,26H,1H3;2-9,20H,1H3. The summed E-state index contributed by atoms with van der Waals surface area (Å²) in [6.07, 6.45) is 9.52. The first-order valence-corrected chi connectivity index (χ1v) is 25.5. The maximum absolute atomic E-state index is 13.0. The fourth-order valence-corrected chi connectivity index (χ4v) is 8.88. The molecule has 79 heavy (non-hydrogen) atoms. The summed E-state index contributed by atoms with van der Waals surface area (Å²) in [5, 5.41) is 32.3. The molecule has 0 spiro atoms. The lowest BCUT2D eigenvalue weighted by Crippen LogP contribution is -2.36. The number of aromatic nitrogens is 8. The Morgan fingerprint density at radius 1 is 0.633 bits per heavy atom. The normalized spacial score (nSPS) is 12.2. The molecule has 1 fully saturated rings. The number of morpholine rings is 1. The largest absolute Gasteiger partial charge is 0.506 e. The van der Waals surface area contributed by atoms with E-state index in [4.69, 9.17) is 33.0 Å². The molecule has 6 aromatic heterocycles. The summed E-state index contributed by atoms with van der Waals surface area (Å²) in [6.45, 7) is 8.71. The van der Waals surface area contributed by atoms with Gasteiger partial charge in [0.15, 0.2) is 0 Å². The number of phenolic OH excluding ortho intramolecular Hbond substituents is 2. The van der Waals surface area contributed by atoms with E-state index in [1.807, 2.05) is 92.6 Å². The molecule has 1 saturated heterocycles. The summed E-state index contributed by atoms with van der Waals surface area (Å²) in [4.78, 5) is 31.8. The van der Waals surface area contributed by atoms with Crippen molar-refractivity contribution >= 4 is 40.5 Å². The van der Waals surface area contributed by atoms with Crippen molar-refractivity contribution in [1.29, 1.82) is 0 Å². The summed E-state index contributed by atoms with van der Waals surface area (Å²) in [5.74, 6) is -0.532. The number of ether oxygens (including phenoxy) is 1. The fraction of sp³-hybridized carbons (Fsp3) is 0.150. The number of halogens is 5. The molecule has 3 N–H and O–H groups in total. The van der Waals surface area contributed by atoms with Crippen molar-refractivity contribution in [3.05, 3.63) is 209 Å². The Balaban J connectivity index is 0.000000148. The predicted octanol–water partition coefficient (Wildman–Crippen LogP) is 13.6. The second-order valence-electron chi connectivity index (χ2n) is 18.4. The second kappa shape index (κ2) is 24.2. The maximum atomic E-state index is 13.0. The summed E-state index contributed by atoms with van der Waals surface area (Å²) < 4.78 is 48.0. The van der Waals surface area contributed by atoms with E-state index in [1.54, 1.807) is 66.0 Å². The zero-order valence-electron chi connectivity index (χ0n) is 43.1. The van der Waals surface area contributed by atoms with Crippen molar-refractivity contribution in [2.75, 3.05) is 36.5 Å². The van der Waals surface area contributed by atoms with E-state index < -0.39 is 17.6 Å². The van der Waals surface area contributed by atoms with E-state index in [0.29, 0.717) is 28.9 Å². The molecule has 400 valence electrons. The van der Waals surface area contributed by atoms with Crippen LogP contribution in [-0.2, 0) is 18.0 Å². The number of rotatable bonds is 9. The number of carbonyl (C=O) groups is 1. The smallest absolute Gasteiger partial charge is 0.416 e. The number of hydrogen-bond donors (Lipinski definition) is 3. The lowest BCUT2D eigenvalue weighted by atomic mass is 10.0. The number of aryl methyl sites for hydroxylation is 4. The van der Waals surface area contributed by atoms with Gasteiger partial charge in [0, 0.05) is 108 Å². The highest BCUT2D eigenvalue weighted by atomic mass is 35.5. The number of anilines is 2. The molecular weight excluding hydrogens is 1050 g/mol. The van der Waals surface area contributed by atoms with Gasteiger partial charge in [0.05, 0.1) is 57.8 Å². The van der Waals surface area contributed by atoms with Gasteiger partial charge in [0.2, 0.25) is 0 Å². The van der Waals surface area contributed by atoms with E-state index in [0.717, 1.165) is 104 Å². The van der Waals surface area contributed by atoms with E-state index in [1.165, 1.54) is 23.9 Å². The van der Waals surface area contributed by atoms with E-state index in [-0.39, 0.29) is 17.1 Å². The number of nitrogens with one attached hydrogen (secondary N) is 1. The lowest BCUT2D eigenvalue weighted by Gasteiger charge is -2.30. The van der Waals surface area contributed by atoms with Gasteiger partial charge in [0.25, 0.3) is 5.91 Å². The molecule has 0 radical (unpaired) electrons. The summed E-state index contributed by atoms with van der Waals surface area (Å²) in [5.41, 5.74) is 13.0. The van der Waals surface area contributed by atoms with Gasteiger partial charge < -0.3 is 25.2 Å². The zero-order chi connectivity index (χ0) is 55.8. The first kappa shape index (κ1) is 54.9. The number of carbonyl (C=O) groups excluding carboxylic acids is 1. The third kappa shape index (κ3) is 13.3. The molecule has 0 saturated carbocycles. The van der Waals surface area contributed by atoms with Gasteiger partial charge in [-0.1, -0.05) is 59.1 Å². The number of benzene rings is 4. The number of aromatic hydroxyl groups is 2. The van der Waals surface area contributed by atoms with Crippen molar-refractivity contribution in [3.63, 3.8) is 0 Å². The first-order chi connectivity index (χ1) is 38.0. The average Bonchev–Trinajstić information content (AvgIpc) is 4.21. The number of alkyl halides is 3. The maximum Gasteiger partial charge on any atom is 0.416 e. The van der Waals surface area contributed by atoms with Crippen LogP contribution in [0, 0.1) is 20.8 Å². The van der Waals surface area contributed by atoms with Gasteiger partial charge in [-0.05, 0) is 123 Å². The van der Waals surface area contributed by atoms with Crippen LogP contribution in [0.4, 0.5) is 24.5 Å². The van der Waals surface area contributed by atoms with Crippen molar-refractivity contribution in [2.24, 2.45) is 7.05 Å². The monoisotopic (exact) mass is 1100 g/mol. The molecule has 0 unspecified atom stereocenters. The van der Waals surface area contributed by atoms with Crippen LogP contribution in [0.1, 0.15) is 32.9 Å². The Hall–Kier alpha value is -8.90. The third-order valence-corrected chi connectivity index (χ3v) is 13.4. The summed E-state index contributed by atoms with van der Waals surface area (Å²) >= 11 is 11.8. The molecule has 0 bridgehead atoms. The van der Waals surface area contributed by atoms with Crippen LogP contribution in [0.25, 0.3) is 61.6 Å². The Morgan fingerprint density at radius 3 is 1.81 bits per heavy atom. The Kier molecular flexibility index (Phi) is 16.8. The van der Waals surface area contributed by atoms with Crippen LogP contribution >= 0.6 is 23.2 Å². The van der Waals surface area contributed by atoms with Gasteiger partial charge in [-0.25, -0.2) is 4.68 Å². The number of hydrogen-bond acceptors (Lipinski definition) is 11. The zero-order valence-corrected chi connectivity index (χ0v) is 44.6. The minimum atomic E-state index is -4.52. The highest BCUT2D eigenvalue weighted by Gasteiger charge is 2.31. The molecule has 7 heterocycles. The Morgan fingerprint density at radius 2 is 1.22 bits per heavy atom. The highest BCUT2D eigenvalue weighted by Crippen LogP contribution is 2.38. The van der Waals surface area contributed by atoms with Gasteiger partial charge >= 0.3 is 6.18 Å². The SMILES string of the molecule is Cc1ccc(-n2cc(-c3ccc(Cl)c(O)c3)c(-c3ccncc3)n2)cc1.Cc1ncc(NC(=O)c2cccc(C(F)(F)F)c2)cc1-c1cnc(C)c(N2CCOCC2)c1.Cn1cc(-c2ccc(Cl)c(O)c2)c(-c2ccncc2)n1. The third-order valence-electron chi connectivity index (χ3n) is 12.8. The number of nitrogens with zero attached hydrogens (tertiary/aromatic N) is 9. The number of amides is 1. The van der Waals surface area contributed by atoms with E-state index in [9.17, 15) is 28.2 Å². The molecule has 0 atom stereocenters. The second-order valence-corrected chi connectivity index (χ2v) is 19.2. The molecule has 1 aliphatic heterocycles. The van der Waals surface area contributed by atoms with Crippen molar-refractivity contribution in [1.82, 2.24) is 39.5 Å². The van der Waals surface area contributed by atoms with Crippen molar-refractivity contribution < 1.29 is 32.9 Å². The lowest BCUT2D eigenvalue weighted by molar-refractivity contribution is -0.137. The molecule has 10 aromatic rings. The average molecular weight is 1100 g/mol. The molecule has 4 aromatic carbocycles. The Labute approximate surface area is 463 Å². The molecule has 0 aliphatic carbocycles. The van der Waals surface area contributed by atoms with Gasteiger partial charge in [-0.2, -0.15) is 23.4 Å². The molecule has 1 amide bonds. The van der Waals surface area contributed by atoms with Crippen LogP contribution in [-0.4, -0.2) is 81.9 Å². The molecular formula is C60H51Cl2F3N10O4. The van der Waals surface area contributed by atoms with Crippen molar-refractivity contribution in [2.45, 2.75) is 26.9 Å². The molecule has 11 rings (SSSR count). The first-order valence-electron chi connectivity index (χ1n) is 24.7. The molecule has 1 aliphatic rings. The minimum Gasteiger partial charge on any atom is -0.506 e. The van der Waals surface area contributed by atoms with Crippen LogP contribution in [0.15, 0.2) is 171 Å². The van der Waals surface area contributed by atoms with Gasteiger partial charge in [-0.15, -0.1) is 0 Å². The van der Waals surface area contributed by atoms with Crippen LogP contribution < -0.4 is 10.2 Å². The fourth-order valence-electron chi connectivity index (χ4n) is 8.65. The van der Waals surface area contributed by atoms with Crippen LogP contribution in [0.3, 0.4) is 0 Å². The van der Waals surface area contributed by atoms with Crippen molar-refractivity contribution in [3.8, 4) is 73.1 Å². The number of phenols is 2. The van der Waals surface area contributed by atoms with E-state index in [2.05, 4.69) is 54.3 Å². The molecule has 19 heteroatoms. The Bertz CT molecular complexity index is 3760.